The van der Waals surface area contributed by atoms with Gasteiger partial charge < -0.3 is 9.47 Å². The maximum absolute atomic E-state index is 6.15. The van der Waals surface area contributed by atoms with Gasteiger partial charge in [0.1, 0.15) is 13.2 Å². The molecule has 0 spiro atoms. The van der Waals surface area contributed by atoms with E-state index >= 15 is 0 Å². The van der Waals surface area contributed by atoms with Crippen molar-refractivity contribution in [3.8, 4) is 11.5 Å². The molecule has 0 aliphatic carbocycles. The van der Waals surface area contributed by atoms with Gasteiger partial charge in [0.05, 0.1) is 0 Å². The van der Waals surface area contributed by atoms with Crippen LogP contribution in [0.4, 0.5) is 0 Å². The van der Waals surface area contributed by atoms with Crippen molar-refractivity contribution in [1.82, 2.24) is 0 Å². The molecule has 29 heavy (non-hydrogen) atoms. The zero-order valence-electron chi connectivity index (χ0n) is 16.6. The molecule has 0 radical (unpaired) electrons. The number of halogens is 1. The first kappa shape index (κ1) is 21.2. The number of alkyl halides is 1. The first-order valence-electron chi connectivity index (χ1n) is 10.0. The van der Waals surface area contributed by atoms with Crippen LogP contribution in [-0.4, -0.2) is 5.33 Å². The largest absolute Gasteiger partial charge is 0.485 e. The van der Waals surface area contributed by atoms with Gasteiger partial charge in [-0.05, 0) is 48.1 Å². The highest BCUT2D eigenvalue weighted by Gasteiger charge is 2.08. The van der Waals surface area contributed by atoms with Gasteiger partial charge in [0.25, 0.3) is 0 Å². The lowest BCUT2D eigenvalue weighted by Crippen LogP contribution is -2.01. The molecule has 0 unspecified atom stereocenters. The van der Waals surface area contributed by atoms with Crippen molar-refractivity contribution in [2.75, 3.05) is 5.33 Å². The normalized spacial score (nSPS) is 10.9. The maximum atomic E-state index is 6.15. The summed E-state index contributed by atoms with van der Waals surface area (Å²) in [7, 11) is 0. The van der Waals surface area contributed by atoms with E-state index in [1.165, 1.54) is 5.56 Å². The lowest BCUT2D eigenvalue weighted by Gasteiger charge is -2.14. The first-order valence-corrected chi connectivity index (χ1v) is 11.1. The van der Waals surface area contributed by atoms with Crippen LogP contribution in [0.2, 0.25) is 0 Å². The molecule has 0 bridgehead atoms. The third-order valence-corrected chi connectivity index (χ3v) is 4.98. The second-order valence-corrected chi connectivity index (χ2v) is 7.61. The van der Waals surface area contributed by atoms with Crippen molar-refractivity contribution >= 4 is 15.9 Å². The molecule has 0 fully saturated rings. The van der Waals surface area contributed by atoms with Crippen molar-refractivity contribution in [3.05, 3.63) is 108 Å². The standard InChI is InChI=1S/C26H27BrO2/c27-18-10-2-1-5-11-22-16-17-25(28-20-23-12-6-3-7-13-23)26(19-22)29-21-24-14-8-4-9-15-24/h1-4,6-9,12-17,19H,5,10-11,18,20-21H2/b2-1+. The molecular weight excluding hydrogens is 424 g/mol. The van der Waals surface area contributed by atoms with Crippen LogP contribution < -0.4 is 9.47 Å². The van der Waals surface area contributed by atoms with E-state index in [9.17, 15) is 0 Å². The Morgan fingerprint density at radius 3 is 1.83 bits per heavy atom. The Kier molecular flexibility index (Phi) is 8.87. The van der Waals surface area contributed by atoms with E-state index in [4.69, 9.17) is 9.47 Å². The quantitative estimate of drug-likeness (QED) is 0.228. The minimum absolute atomic E-state index is 0.525. The van der Waals surface area contributed by atoms with Gasteiger partial charge in [-0.25, -0.2) is 0 Å². The van der Waals surface area contributed by atoms with Crippen LogP contribution in [-0.2, 0) is 19.6 Å². The van der Waals surface area contributed by atoms with Crippen LogP contribution in [0.1, 0.15) is 29.5 Å². The van der Waals surface area contributed by atoms with Crippen molar-refractivity contribution in [2.45, 2.75) is 32.5 Å². The molecule has 0 aliphatic heterocycles. The Balaban J connectivity index is 1.68. The molecule has 3 heteroatoms. The van der Waals surface area contributed by atoms with Gasteiger partial charge in [0.2, 0.25) is 0 Å². The summed E-state index contributed by atoms with van der Waals surface area (Å²) >= 11 is 3.45. The van der Waals surface area contributed by atoms with E-state index in [-0.39, 0.29) is 0 Å². The van der Waals surface area contributed by atoms with Gasteiger partial charge >= 0.3 is 0 Å². The smallest absolute Gasteiger partial charge is 0.161 e. The third-order valence-electron chi connectivity index (χ3n) is 4.52. The van der Waals surface area contributed by atoms with Crippen LogP contribution >= 0.6 is 15.9 Å². The second kappa shape index (κ2) is 12.1. The summed E-state index contributed by atoms with van der Waals surface area (Å²) in [5.41, 5.74) is 3.54. The molecule has 0 N–H and O–H groups in total. The molecule has 0 aromatic heterocycles. The first-order chi connectivity index (χ1) is 14.3. The Bertz CT molecular complexity index is 876. The van der Waals surface area contributed by atoms with Crippen LogP contribution in [0.15, 0.2) is 91.0 Å². The van der Waals surface area contributed by atoms with Gasteiger partial charge in [0.15, 0.2) is 11.5 Å². The van der Waals surface area contributed by atoms with Gasteiger partial charge in [-0.15, -0.1) is 0 Å². The van der Waals surface area contributed by atoms with E-state index in [0.29, 0.717) is 13.2 Å². The predicted molar refractivity (Wildman–Crippen MR) is 124 cm³/mol. The van der Waals surface area contributed by atoms with Crippen LogP contribution in [0, 0.1) is 0 Å². The highest BCUT2D eigenvalue weighted by atomic mass is 79.9. The van der Waals surface area contributed by atoms with Gasteiger partial charge in [0, 0.05) is 5.33 Å². The number of hydrogen-bond donors (Lipinski definition) is 0. The van der Waals surface area contributed by atoms with Crippen molar-refractivity contribution in [3.63, 3.8) is 0 Å². The minimum Gasteiger partial charge on any atom is -0.485 e. The van der Waals surface area contributed by atoms with Gasteiger partial charge in [-0.3, -0.25) is 0 Å². The van der Waals surface area contributed by atoms with E-state index < -0.39 is 0 Å². The topological polar surface area (TPSA) is 18.5 Å². The monoisotopic (exact) mass is 450 g/mol. The van der Waals surface area contributed by atoms with E-state index in [0.717, 1.165) is 47.2 Å². The van der Waals surface area contributed by atoms with Crippen LogP contribution in [0.25, 0.3) is 0 Å². The highest BCUT2D eigenvalue weighted by molar-refractivity contribution is 9.09. The van der Waals surface area contributed by atoms with Crippen molar-refractivity contribution in [2.24, 2.45) is 0 Å². The number of ether oxygens (including phenoxy) is 2. The second-order valence-electron chi connectivity index (χ2n) is 6.82. The summed E-state index contributed by atoms with van der Waals surface area (Å²) in [6, 6.07) is 26.7. The third kappa shape index (κ3) is 7.43. The lowest BCUT2D eigenvalue weighted by atomic mass is 10.1. The SMILES string of the molecule is BrCC/C=C/CCc1ccc(OCc2ccccc2)c(OCc2ccccc2)c1. The Morgan fingerprint density at radius 2 is 1.21 bits per heavy atom. The van der Waals surface area contributed by atoms with Gasteiger partial charge in [-0.2, -0.15) is 0 Å². The molecular formula is C26H27BrO2. The summed E-state index contributed by atoms with van der Waals surface area (Å²) in [5, 5.41) is 1.01. The Hall–Kier alpha value is -2.52. The zero-order valence-corrected chi connectivity index (χ0v) is 18.2. The van der Waals surface area contributed by atoms with Crippen molar-refractivity contribution < 1.29 is 9.47 Å². The Labute approximate surface area is 182 Å². The molecule has 0 saturated carbocycles. The van der Waals surface area contributed by atoms with E-state index in [1.54, 1.807) is 0 Å². The average molecular weight is 451 g/mol. The molecule has 0 heterocycles. The minimum atomic E-state index is 0.525. The fraction of sp³-hybridized carbons (Fsp3) is 0.231. The summed E-state index contributed by atoms with van der Waals surface area (Å²) in [4.78, 5) is 0. The van der Waals surface area contributed by atoms with Crippen LogP contribution in [0.3, 0.4) is 0 Å². The molecule has 0 atom stereocenters. The molecule has 3 aromatic carbocycles. The van der Waals surface area contributed by atoms with E-state index in [1.807, 2.05) is 42.5 Å². The molecule has 0 aliphatic rings. The summed E-state index contributed by atoms with van der Waals surface area (Å²) in [6.07, 6.45) is 7.54. The predicted octanol–water partition coefficient (Wildman–Crippen LogP) is 7.12. The number of rotatable bonds is 11. The number of benzene rings is 3. The summed E-state index contributed by atoms with van der Waals surface area (Å²) in [6.45, 7) is 1.05. The molecule has 0 amide bonds. The fourth-order valence-electron chi connectivity index (χ4n) is 2.96. The number of aryl methyl sites for hydroxylation is 1. The zero-order chi connectivity index (χ0) is 20.2. The summed E-state index contributed by atoms with van der Waals surface area (Å²) < 4.78 is 12.2. The summed E-state index contributed by atoms with van der Waals surface area (Å²) in [5.74, 6) is 1.58. The van der Waals surface area contributed by atoms with Crippen molar-refractivity contribution in [1.29, 1.82) is 0 Å². The maximum Gasteiger partial charge on any atom is 0.161 e. The molecule has 150 valence electrons. The fourth-order valence-corrected chi connectivity index (χ4v) is 3.22. The van der Waals surface area contributed by atoms with Crippen LogP contribution in [0.5, 0.6) is 11.5 Å². The number of hydrogen-bond acceptors (Lipinski definition) is 2. The number of allylic oxidation sites excluding steroid dienone is 2. The highest BCUT2D eigenvalue weighted by Crippen LogP contribution is 2.30. The average Bonchev–Trinajstić information content (AvgIpc) is 2.78. The molecule has 3 rings (SSSR count). The molecule has 0 saturated heterocycles. The molecule has 2 nitrogen and oxygen atoms in total. The Morgan fingerprint density at radius 1 is 0.621 bits per heavy atom. The van der Waals surface area contributed by atoms with E-state index in [2.05, 4.69) is 64.5 Å². The molecule has 3 aromatic rings. The lowest BCUT2D eigenvalue weighted by molar-refractivity contribution is 0.255. The van der Waals surface area contributed by atoms with Gasteiger partial charge in [-0.1, -0.05) is 94.8 Å².